The fourth-order valence-corrected chi connectivity index (χ4v) is 1.36. The van der Waals surface area contributed by atoms with Crippen LogP contribution in [0.5, 0.6) is 0 Å². The minimum absolute atomic E-state index is 0.173. The zero-order valence-corrected chi connectivity index (χ0v) is 9.05. The Labute approximate surface area is 81.6 Å². The van der Waals surface area contributed by atoms with Crippen molar-refractivity contribution in [3.05, 3.63) is 12.2 Å². The molecule has 0 spiro atoms. The van der Waals surface area contributed by atoms with Gasteiger partial charge in [0.25, 0.3) is 0 Å². The highest BCUT2D eigenvalue weighted by atomic mass is 16.2. The SMILES string of the molecule is C/C=C/C(=O)N1CCCCC1.CC. The van der Waals surface area contributed by atoms with Crippen LogP contribution in [0.15, 0.2) is 12.2 Å². The van der Waals surface area contributed by atoms with Gasteiger partial charge in [-0.15, -0.1) is 0 Å². The molecule has 1 amide bonds. The van der Waals surface area contributed by atoms with E-state index < -0.39 is 0 Å². The van der Waals surface area contributed by atoms with Crippen molar-refractivity contribution in [2.24, 2.45) is 0 Å². The number of amides is 1. The van der Waals surface area contributed by atoms with E-state index in [1.807, 2.05) is 25.7 Å². The Balaban J connectivity index is 0.000000671. The molecule has 0 aromatic heterocycles. The zero-order chi connectivity index (χ0) is 10.1. The standard InChI is InChI=1S/C9H15NO.C2H6/c1-2-6-9(11)10-7-4-3-5-8-10;1-2/h2,6H,3-5,7-8H2,1H3;1-2H3/b6-2+;. The molecule has 1 rings (SSSR count). The highest BCUT2D eigenvalue weighted by molar-refractivity contribution is 5.87. The fourth-order valence-electron chi connectivity index (χ4n) is 1.36. The number of carbonyl (C=O) groups excluding carboxylic acids is 1. The largest absolute Gasteiger partial charge is 0.339 e. The summed E-state index contributed by atoms with van der Waals surface area (Å²) < 4.78 is 0. The molecule has 76 valence electrons. The Morgan fingerprint density at radius 2 is 1.69 bits per heavy atom. The van der Waals surface area contributed by atoms with Gasteiger partial charge in [0.2, 0.25) is 5.91 Å². The predicted octanol–water partition coefficient (Wildman–Crippen LogP) is 2.60. The highest BCUT2D eigenvalue weighted by Gasteiger charge is 2.12. The number of carbonyl (C=O) groups is 1. The van der Waals surface area contributed by atoms with E-state index in [1.54, 1.807) is 12.2 Å². The molecule has 0 bridgehead atoms. The molecule has 1 fully saturated rings. The summed E-state index contributed by atoms with van der Waals surface area (Å²) in [5, 5.41) is 0. The van der Waals surface area contributed by atoms with E-state index in [-0.39, 0.29) is 5.91 Å². The van der Waals surface area contributed by atoms with Crippen molar-refractivity contribution in [3.8, 4) is 0 Å². The van der Waals surface area contributed by atoms with Crippen molar-refractivity contribution >= 4 is 5.91 Å². The first-order valence-electron chi connectivity index (χ1n) is 5.26. The van der Waals surface area contributed by atoms with Crippen LogP contribution in [0.3, 0.4) is 0 Å². The first kappa shape index (κ1) is 12.2. The number of likely N-dealkylation sites (tertiary alicyclic amines) is 1. The van der Waals surface area contributed by atoms with Crippen LogP contribution in [0, 0.1) is 0 Å². The minimum Gasteiger partial charge on any atom is -0.339 e. The molecule has 1 aliphatic heterocycles. The first-order chi connectivity index (χ1) is 6.34. The lowest BCUT2D eigenvalue weighted by Gasteiger charge is -2.25. The summed E-state index contributed by atoms with van der Waals surface area (Å²) in [5.41, 5.74) is 0. The van der Waals surface area contributed by atoms with Crippen molar-refractivity contribution in [1.29, 1.82) is 0 Å². The monoisotopic (exact) mass is 183 g/mol. The number of hydrogen-bond acceptors (Lipinski definition) is 1. The Morgan fingerprint density at radius 3 is 2.15 bits per heavy atom. The Kier molecular flexibility index (Phi) is 7.36. The second-order valence-electron chi connectivity index (χ2n) is 2.89. The predicted molar refractivity (Wildman–Crippen MR) is 56.6 cm³/mol. The van der Waals surface area contributed by atoms with E-state index in [0.717, 1.165) is 13.1 Å². The molecule has 0 radical (unpaired) electrons. The topological polar surface area (TPSA) is 20.3 Å². The number of hydrogen-bond donors (Lipinski definition) is 0. The van der Waals surface area contributed by atoms with Crippen LogP contribution in [-0.2, 0) is 4.79 Å². The van der Waals surface area contributed by atoms with Crippen molar-refractivity contribution in [1.82, 2.24) is 4.90 Å². The Hall–Kier alpha value is -0.790. The van der Waals surface area contributed by atoms with Gasteiger partial charge in [0.1, 0.15) is 0 Å². The molecular formula is C11H21NO. The van der Waals surface area contributed by atoms with Crippen LogP contribution in [0.1, 0.15) is 40.0 Å². The smallest absolute Gasteiger partial charge is 0.246 e. The molecule has 1 aliphatic rings. The third-order valence-corrected chi connectivity index (χ3v) is 1.98. The van der Waals surface area contributed by atoms with Gasteiger partial charge in [0.15, 0.2) is 0 Å². The second-order valence-corrected chi connectivity index (χ2v) is 2.89. The fraction of sp³-hybridized carbons (Fsp3) is 0.727. The van der Waals surface area contributed by atoms with E-state index in [9.17, 15) is 4.79 Å². The molecule has 0 unspecified atom stereocenters. The van der Waals surface area contributed by atoms with Gasteiger partial charge in [-0.2, -0.15) is 0 Å². The van der Waals surface area contributed by atoms with Crippen LogP contribution < -0.4 is 0 Å². The summed E-state index contributed by atoms with van der Waals surface area (Å²) in [7, 11) is 0. The first-order valence-corrected chi connectivity index (χ1v) is 5.26. The van der Waals surface area contributed by atoms with Crippen LogP contribution in [0.4, 0.5) is 0 Å². The van der Waals surface area contributed by atoms with Gasteiger partial charge in [-0.1, -0.05) is 19.9 Å². The molecule has 0 aliphatic carbocycles. The molecule has 13 heavy (non-hydrogen) atoms. The van der Waals surface area contributed by atoms with E-state index in [2.05, 4.69) is 0 Å². The maximum atomic E-state index is 11.2. The normalized spacial score (nSPS) is 16.7. The van der Waals surface area contributed by atoms with Gasteiger partial charge in [-0.25, -0.2) is 0 Å². The molecule has 2 heteroatoms. The van der Waals surface area contributed by atoms with Crippen LogP contribution >= 0.6 is 0 Å². The molecule has 0 saturated carbocycles. The third kappa shape index (κ3) is 4.71. The molecule has 0 N–H and O–H groups in total. The van der Waals surface area contributed by atoms with Gasteiger partial charge in [0, 0.05) is 13.1 Å². The summed E-state index contributed by atoms with van der Waals surface area (Å²) >= 11 is 0. The van der Waals surface area contributed by atoms with Gasteiger partial charge in [-0.3, -0.25) is 4.79 Å². The molecule has 1 saturated heterocycles. The number of rotatable bonds is 1. The highest BCUT2D eigenvalue weighted by Crippen LogP contribution is 2.08. The average Bonchev–Trinajstić information content (AvgIpc) is 2.23. The van der Waals surface area contributed by atoms with E-state index >= 15 is 0 Å². The molecule has 0 aromatic carbocycles. The zero-order valence-electron chi connectivity index (χ0n) is 9.05. The molecular weight excluding hydrogens is 162 g/mol. The Morgan fingerprint density at radius 1 is 1.15 bits per heavy atom. The number of nitrogens with zero attached hydrogens (tertiary/aromatic N) is 1. The van der Waals surface area contributed by atoms with E-state index in [4.69, 9.17) is 0 Å². The van der Waals surface area contributed by atoms with Crippen LogP contribution in [0.25, 0.3) is 0 Å². The van der Waals surface area contributed by atoms with Crippen LogP contribution in [0.2, 0.25) is 0 Å². The van der Waals surface area contributed by atoms with Crippen molar-refractivity contribution in [2.45, 2.75) is 40.0 Å². The lowest BCUT2D eigenvalue weighted by atomic mass is 10.1. The van der Waals surface area contributed by atoms with Gasteiger partial charge < -0.3 is 4.90 Å². The van der Waals surface area contributed by atoms with Gasteiger partial charge in [0.05, 0.1) is 0 Å². The van der Waals surface area contributed by atoms with Crippen molar-refractivity contribution < 1.29 is 4.79 Å². The van der Waals surface area contributed by atoms with Crippen molar-refractivity contribution in [2.75, 3.05) is 13.1 Å². The minimum atomic E-state index is 0.173. The molecule has 0 aromatic rings. The number of allylic oxidation sites excluding steroid dienone is 1. The molecule has 2 nitrogen and oxygen atoms in total. The molecule has 1 heterocycles. The quantitative estimate of drug-likeness (QED) is 0.572. The number of piperidine rings is 1. The van der Waals surface area contributed by atoms with Gasteiger partial charge >= 0.3 is 0 Å². The molecule has 0 atom stereocenters. The van der Waals surface area contributed by atoms with E-state index in [1.165, 1.54) is 19.3 Å². The Bertz CT molecular complexity index is 157. The maximum Gasteiger partial charge on any atom is 0.246 e. The lowest BCUT2D eigenvalue weighted by molar-refractivity contribution is -0.126. The van der Waals surface area contributed by atoms with E-state index in [0.29, 0.717) is 0 Å². The summed E-state index contributed by atoms with van der Waals surface area (Å²) in [6.07, 6.45) is 7.06. The maximum absolute atomic E-state index is 11.2. The summed E-state index contributed by atoms with van der Waals surface area (Å²) in [6.45, 7) is 7.77. The summed E-state index contributed by atoms with van der Waals surface area (Å²) in [5.74, 6) is 0.173. The summed E-state index contributed by atoms with van der Waals surface area (Å²) in [4.78, 5) is 13.2. The van der Waals surface area contributed by atoms with Crippen LogP contribution in [-0.4, -0.2) is 23.9 Å². The summed E-state index contributed by atoms with van der Waals surface area (Å²) in [6, 6.07) is 0. The second kappa shape index (κ2) is 7.84. The third-order valence-electron chi connectivity index (χ3n) is 1.98. The average molecular weight is 183 g/mol. The lowest BCUT2D eigenvalue weighted by Crippen LogP contribution is -2.34. The van der Waals surface area contributed by atoms with Crippen molar-refractivity contribution in [3.63, 3.8) is 0 Å². The van der Waals surface area contributed by atoms with Gasteiger partial charge in [-0.05, 0) is 32.3 Å².